The summed E-state index contributed by atoms with van der Waals surface area (Å²) in [6, 6.07) is 21.8. The van der Waals surface area contributed by atoms with E-state index in [1.165, 1.54) is 4.90 Å². The molecule has 4 aromatic rings. The van der Waals surface area contributed by atoms with E-state index in [4.69, 9.17) is 4.98 Å². The van der Waals surface area contributed by atoms with E-state index >= 15 is 0 Å². The average Bonchev–Trinajstić information content (AvgIpc) is 3.49. The highest BCUT2D eigenvalue weighted by atomic mass is 79.9. The number of fused-ring (bicyclic) bond motifs is 8. The molecule has 2 amide bonds. The molecule has 1 N–H and O–H groups in total. The average molecular weight is 555 g/mol. The number of rotatable bonds is 2. The zero-order valence-electron chi connectivity index (χ0n) is 20.2. The van der Waals surface area contributed by atoms with E-state index in [0.717, 1.165) is 5.56 Å². The Balaban J connectivity index is 1.55. The smallest absolute Gasteiger partial charge is 0.266 e. The molecular formula is C29H23BrN4O3. The first-order chi connectivity index (χ1) is 17.9. The quantitative estimate of drug-likeness (QED) is 0.376. The van der Waals surface area contributed by atoms with E-state index in [2.05, 4.69) is 21.2 Å². The van der Waals surface area contributed by atoms with Crippen molar-refractivity contribution in [3.8, 4) is 5.69 Å². The Morgan fingerprint density at radius 3 is 2.32 bits per heavy atom. The first-order valence-electron chi connectivity index (χ1n) is 12.4. The molecule has 0 unspecified atom stereocenters. The normalized spacial score (nSPS) is 25.8. The molecule has 8 heteroatoms. The molecule has 4 atom stereocenters. The maximum atomic E-state index is 14.4. The maximum Gasteiger partial charge on any atom is 0.266 e. The monoisotopic (exact) mass is 554 g/mol. The summed E-state index contributed by atoms with van der Waals surface area (Å²) in [6.07, 6.45) is 0. The van der Waals surface area contributed by atoms with Gasteiger partial charge in [0.15, 0.2) is 0 Å². The van der Waals surface area contributed by atoms with Crippen LogP contribution in [0, 0.1) is 17.8 Å². The van der Waals surface area contributed by atoms with Gasteiger partial charge in [0.1, 0.15) is 11.4 Å². The Bertz CT molecular complexity index is 1710. The van der Waals surface area contributed by atoms with Gasteiger partial charge in [-0.1, -0.05) is 56.3 Å². The van der Waals surface area contributed by atoms with Crippen molar-refractivity contribution in [2.45, 2.75) is 25.4 Å². The summed E-state index contributed by atoms with van der Waals surface area (Å²) in [5, 5.41) is 4.23. The van der Waals surface area contributed by atoms with Crippen LogP contribution in [0.4, 0.5) is 5.69 Å². The predicted octanol–water partition coefficient (Wildman–Crippen LogP) is 4.14. The first kappa shape index (κ1) is 22.6. The second-order valence-electron chi connectivity index (χ2n) is 10.3. The molecule has 4 heterocycles. The molecule has 3 aromatic carbocycles. The minimum absolute atomic E-state index is 0.0520. The van der Waals surface area contributed by atoms with Crippen molar-refractivity contribution in [2.24, 2.45) is 17.8 Å². The molecule has 0 bridgehead atoms. The third-order valence-electron chi connectivity index (χ3n) is 8.11. The van der Waals surface area contributed by atoms with Gasteiger partial charge >= 0.3 is 0 Å². The van der Waals surface area contributed by atoms with Crippen molar-refractivity contribution in [1.29, 1.82) is 0 Å². The largest absolute Gasteiger partial charge is 0.296 e. The number of carbonyl (C=O) groups is 2. The number of nitrogens with zero attached hydrogens (tertiary/aromatic N) is 3. The van der Waals surface area contributed by atoms with E-state index in [1.54, 1.807) is 16.7 Å². The lowest BCUT2D eigenvalue weighted by molar-refractivity contribution is -0.123. The summed E-state index contributed by atoms with van der Waals surface area (Å²) in [7, 11) is 0. The molecule has 2 fully saturated rings. The standard InChI is InChI=1S/C29H23BrN4O3/c1-15(2)24-22-23(27(37)33(26(22)36)21-14-8-5-11-18(21)30)29(32-24)17-10-4-7-13-20(17)34-25(35)16-9-3-6-12-19(16)31-28(29)34/h3-15,22-24,32H,1-2H3/t22-,23-,24+,29+/m1/s1. The summed E-state index contributed by atoms with van der Waals surface area (Å²) in [4.78, 5) is 48.6. The number of aromatic nitrogens is 2. The van der Waals surface area contributed by atoms with Crippen molar-refractivity contribution < 1.29 is 9.59 Å². The van der Waals surface area contributed by atoms with E-state index in [9.17, 15) is 14.4 Å². The number of hydrogen-bond donors (Lipinski definition) is 1. The predicted molar refractivity (Wildman–Crippen MR) is 143 cm³/mol. The van der Waals surface area contributed by atoms with Crippen LogP contribution in [-0.2, 0) is 15.1 Å². The van der Waals surface area contributed by atoms with Gasteiger partial charge in [0.05, 0.1) is 34.1 Å². The Morgan fingerprint density at radius 2 is 1.57 bits per heavy atom. The van der Waals surface area contributed by atoms with Gasteiger partial charge in [-0.15, -0.1) is 0 Å². The van der Waals surface area contributed by atoms with Gasteiger partial charge in [-0.2, -0.15) is 0 Å². The zero-order chi connectivity index (χ0) is 25.6. The van der Waals surface area contributed by atoms with E-state index in [1.807, 2.05) is 74.5 Å². The summed E-state index contributed by atoms with van der Waals surface area (Å²) >= 11 is 3.53. The van der Waals surface area contributed by atoms with Crippen LogP contribution in [-0.4, -0.2) is 27.4 Å². The summed E-state index contributed by atoms with van der Waals surface area (Å²) in [5.41, 5.74) is 1.27. The van der Waals surface area contributed by atoms with Crippen molar-refractivity contribution >= 4 is 44.3 Å². The van der Waals surface area contributed by atoms with Gasteiger partial charge in [0.2, 0.25) is 11.8 Å². The summed E-state index contributed by atoms with van der Waals surface area (Å²) < 4.78 is 2.30. The van der Waals surface area contributed by atoms with Crippen LogP contribution in [0.3, 0.4) is 0 Å². The molecule has 1 spiro atoms. The molecule has 3 aliphatic heterocycles. The molecule has 184 valence electrons. The number of anilines is 1. The fourth-order valence-corrected chi connectivity index (χ4v) is 7.06. The molecule has 3 aliphatic rings. The van der Waals surface area contributed by atoms with Crippen molar-refractivity contribution in [2.75, 3.05) is 4.90 Å². The van der Waals surface area contributed by atoms with Crippen molar-refractivity contribution in [3.05, 3.63) is 99.0 Å². The highest BCUT2D eigenvalue weighted by Gasteiger charge is 2.70. The molecule has 37 heavy (non-hydrogen) atoms. The Hall–Kier alpha value is -3.62. The van der Waals surface area contributed by atoms with Crippen LogP contribution in [0.25, 0.3) is 16.6 Å². The van der Waals surface area contributed by atoms with Gasteiger partial charge in [0.25, 0.3) is 5.56 Å². The van der Waals surface area contributed by atoms with Crippen LogP contribution >= 0.6 is 15.9 Å². The molecule has 0 aliphatic carbocycles. The summed E-state index contributed by atoms with van der Waals surface area (Å²) in [5.74, 6) is -1.38. The highest BCUT2D eigenvalue weighted by molar-refractivity contribution is 9.10. The lowest BCUT2D eigenvalue weighted by Gasteiger charge is -2.32. The van der Waals surface area contributed by atoms with Crippen molar-refractivity contribution in [1.82, 2.24) is 14.9 Å². The van der Waals surface area contributed by atoms with Crippen LogP contribution in [0.1, 0.15) is 25.2 Å². The van der Waals surface area contributed by atoms with Gasteiger partial charge in [-0.05, 0) is 52.2 Å². The third kappa shape index (κ3) is 2.74. The van der Waals surface area contributed by atoms with Gasteiger partial charge in [-0.25, -0.2) is 9.88 Å². The fourth-order valence-electron chi connectivity index (χ4n) is 6.59. The first-order valence-corrected chi connectivity index (χ1v) is 13.2. The molecule has 2 saturated heterocycles. The lowest BCUT2D eigenvalue weighted by atomic mass is 9.75. The molecule has 7 rings (SSSR count). The number of amides is 2. The molecule has 7 nitrogen and oxygen atoms in total. The van der Waals surface area contributed by atoms with Gasteiger partial charge < -0.3 is 0 Å². The second kappa shape index (κ2) is 7.69. The lowest BCUT2D eigenvalue weighted by Crippen LogP contribution is -2.51. The third-order valence-corrected chi connectivity index (χ3v) is 8.78. The van der Waals surface area contributed by atoms with Crippen LogP contribution in [0.2, 0.25) is 0 Å². The zero-order valence-corrected chi connectivity index (χ0v) is 21.8. The van der Waals surface area contributed by atoms with E-state index < -0.39 is 17.4 Å². The maximum absolute atomic E-state index is 14.4. The summed E-state index contributed by atoms with van der Waals surface area (Å²) in [6.45, 7) is 4.10. The Kier molecular flexibility index (Phi) is 4.69. The SMILES string of the molecule is CC(C)[C@@H]1N[C@@]2(c3ccccc3-n3c2nc2ccccc2c3=O)[C@H]2C(=O)N(c3ccccc3Br)C(=O)[C@@H]12. The molecule has 0 saturated carbocycles. The minimum atomic E-state index is -1.12. The number of benzene rings is 3. The number of hydrogen-bond acceptors (Lipinski definition) is 5. The number of imide groups is 1. The minimum Gasteiger partial charge on any atom is -0.296 e. The number of carbonyl (C=O) groups excluding carboxylic acids is 2. The fraction of sp³-hybridized carbons (Fsp3) is 0.241. The molecule has 1 aromatic heterocycles. The van der Waals surface area contributed by atoms with Crippen LogP contribution in [0.5, 0.6) is 0 Å². The Morgan fingerprint density at radius 1 is 0.892 bits per heavy atom. The van der Waals surface area contributed by atoms with Crippen molar-refractivity contribution in [3.63, 3.8) is 0 Å². The Labute approximate surface area is 221 Å². The van der Waals surface area contributed by atoms with Crippen LogP contribution < -0.4 is 15.8 Å². The number of para-hydroxylation sites is 3. The molecule has 0 radical (unpaired) electrons. The number of nitrogens with one attached hydrogen (secondary N) is 1. The van der Waals surface area contributed by atoms with E-state index in [0.29, 0.717) is 32.6 Å². The van der Waals surface area contributed by atoms with E-state index in [-0.39, 0.29) is 29.3 Å². The second-order valence-corrected chi connectivity index (χ2v) is 11.2. The number of halogens is 1. The molecular weight excluding hydrogens is 532 g/mol. The van der Waals surface area contributed by atoms with Gasteiger partial charge in [0, 0.05) is 16.1 Å². The van der Waals surface area contributed by atoms with Crippen LogP contribution in [0.15, 0.2) is 82.1 Å². The topological polar surface area (TPSA) is 84.3 Å². The van der Waals surface area contributed by atoms with Gasteiger partial charge in [-0.3, -0.25) is 24.3 Å². The highest BCUT2D eigenvalue weighted by Crippen LogP contribution is 2.56.